The highest BCUT2D eigenvalue weighted by molar-refractivity contribution is 5.69. The Morgan fingerprint density at radius 3 is 2.68 bits per heavy atom. The lowest BCUT2D eigenvalue weighted by Crippen LogP contribution is -2.32. The molecule has 106 valence electrons. The zero-order chi connectivity index (χ0) is 14.4. The predicted octanol–water partition coefficient (Wildman–Crippen LogP) is 2.76. The first-order valence-electron chi connectivity index (χ1n) is 5.94. The van der Waals surface area contributed by atoms with Gasteiger partial charge in [-0.3, -0.25) is 9.69 Å². The van der Waals surface area contributed by atoms with Crippen molar-refractivity contribution in [2.75, 3.05) is 13.1 Å². The molecule has 0 aliphatic carbocycles. The van der Waals surface area contributed by atoms with Gasteiger partial charge in [-0.05, 0) is 31.2 Å². The quantitative estimate of drug-likeness (QED) is 0.830. The summed E-state index contributed by atoms with van der Waals surface area (Å²) in [6, 6.07) is 6.12. The van der Waals surface area contributed by atoms with E-state index in [9.17, 15) is 13.6 Å². The Bertz CT molecular complexity index is 426. The number of carbonyl (C=O) groups is 1. The van der Waals surface area contributed by atoms with Crippen LogP contribution in [-0.2, 0) is 4.79 Å². The van der Waals surface area contributed by atoms with Crippen molar-refractivity contribution in [2.45, 2.75) is 26.5 Å². The molecule has 0 amide bonds. The van der Waals surface area contributed by atoms with E-state index in [1.54, 1.807) is 17.0 Å². The van der Waals surface area contributed by atoms with Gasteiger partial charge in [-0.1, -0.05) is 19.1 Å². The van der Waals surface area contributed by atoms with E-state index >= 15 is 0 Å². The van der Waals surface area contributed by atoms with Gasteiger partial charge in [0, 0.05) is 6.04 Å². The number of nitrogens with zero attached hydrogens (tertiary/aromatic N) is 1. The molecule has 1 rings (SSSR count). The van der Waals surface area contributed by atoms with E-state index in [0.29, 0.717) is 6.54 Å². The molecule has 0 spiro atoms. The molecule has 0 saturated heterocycles. The number of hydrogen-bond donors (Lipinski definition) is 1. The summed E-state index contributed by atoms with van der Waals surface area (Å²) in [5.41, 5.74) is 0.737. The predicted molar refractivity (Wildman–Crippen MR) is 66.4 cm³/mol. The van der Waals surface area contributed by atoms with Gasteiger partial charge in [0.1, 0.15) is 5.75 Å². The molecule has 1 aromatic rings. The lowest BCUT2D eigenvalue weighted by atomic mass is 10.1. The SMILES string of the molecule is CCN(CC(=O)O)C(C)c1cccc(OC(F)F)c1. The largest absolute Gasteiger partial charge is 0.480 e. The second kappa shape index (κ2) is 7.04. The molecule has 1 unspecified atom stereocenters. The van der Waals surface area contributed by atoms with Gasteiger partial charge in [0.15, 0.2) is 0 Å². The van der Waals surface area contributed by atoms with E-state index in [0.717, 1.165) is 5.56 Å². The third-order valence-corrected chi connectivity index (χ3v) is 2.86. The van der Waals surface area contributed by atoms with Crippen LogP contribution in [0.3, 0.4) is 0 Å². The fourth-order valence-electron chi connectivity index (χ4n) is 1.86. The Labute approximate surface area is 110 Å². The number of carboxylic acids is 1. The van der Waals surface area contributed by atoms with Gasteiger partial charge in [0.2, 0.25) is 0 Å². The lowest BCUT2D eigenvalue weighted by Gasteiger charge is -2.26. The summed E-state index contributed by atoms with van der Waals surface area (Å²) in [6.07, 6.45) is 0. The van der Waals surface area contributed by atoms with Crippen molar-refractivity contribution in [3.63, 3.8) is 0 Å². The Kier molecular flexibility index (Phi) is 5.69. The molecule has 0 radical (unpaired) electrons. The van der Waals surface area contributed by atoms with Crippen LogP contribution in [0.4, 0.5) is 8.78 Å². The molecule has 0 heterocycles. The third kappa shape index (κ3) is 4.82. The summed E-state index contributed by atoms with van der Waals surface area (Å²) < 4.78 is 28.6. The monoisotopic (exact) mass is 273 g/mol. The number of carboxylic acid groups (broad SMARTS) is 1. The first-order valence-corrected chi connectivity index (χ1v) is 5.94. The maximum Gasteiger partial charge on any atom is 0.387 e. The highest BCUT2D eigenvalue weighted by Crippen LogP contribution is 2.24. The number of alkyl halides is 2. The van der Waals surface area contributed by atoms with E-state index < -0.39 is 12.6 Å². The summed E-state index contributed by atoms with van der Waals surface area (Å²) in [5.74, 6) is -0.848. The van der Waals surface area contributed by atoms with Crippen LogP contribution in [0, 0.1) is 0 Å². The standard InChI is InChI=1S/C13H17F2NO3/c1-3-16(8-12(17)18)9(2)10-5-4-6-11(7-10)19-13(14)15/h4-7,9,13H,3,8H2,1-2H3,(H,17,18). The highest BCUT2D eigenvalue weighted by Gasteiger charge is 2.17. The van der Waals surface area contributed by atoms with E-state index in [1.807, 2.05) is 13.8 Å². The molecule has 1 N–H and O–H groups in total. The van der Waals surface area contributed by atoms with E-state index in [-0.39, 0.29) is 18.3 Å². The molecule has 6 heteroatoms. The van der Waals surface area contributed by atoms with Crippen molar-refractivity contribution in [2.24, 2.45) is 0 Å². The molecule has 0 bridgehead atoms. The number of halogens is 2. The van der Waals surface area contributed by atoms with Crippen LogP contribution in [0.15, 0.2) is 24.3 Å². The Balaban J connectivity index is 2.85. The first kappa shape index (κ1) is 15.4. The van der Waals surface area contributed by atoms with Crippen LogP contribution in [0.2, 0.25) is 0 Å². The van der Waals surface area contributed by atoms with Crippen molar-refractivity contribution < 1.29 is 23.4 Å². The fraction of sp³-hybridized carbons (Fsp3) is 0.462. The molecule has 19 heavy (non-hydrogen) atoms. The molecule has 4 nitrogen and oxygen atoms in total. The molecule has 1 aromatic carbocycles. The number of hydrogen-bond acceptors (Lipinski definition) is 3. The van der Waals surface area contributed by atoms with Crippen molar-refractivity contribution in [3.8, 4) is 5.75 Å². The summed E-state index contributed by atoms with van der Waals surface area (Å²) in [6.45, 7) is 1.25. The van der Waals surface area contributed by atoms with E-state index in [2.05, 4.69) is 4.74 Å². The van der Waals surface area contributed by atoms with Crippen molar-refractivity contribution in [1.82, 2.24) is 4.90 Å². The van der Waals surface area contributed by atoms with Gasteiger partial charge < -0.3 is 9.84 Å². The zero-order valence-electron chi connectivity index (χ0n) is 10.8. The molecule has 0 aliphatic rings. The van der Waals surface area contributed by atoms with Gasteiger partial charge in [-0.25, -0.2) is 0 Å². The normalized spacial score (nSPS) is 12.7. The molecular formula is C13H17F2NO3. The van der Waals surface area contributed by atoms with Crippen molar-refractivity contribution in [1.29, 1.82) is 0 Å². The lowest BCUT2D eigenvalue weighted by molar-refractivity contribution is -0.138. The van der Waals surface area contributed by atoms with Crippen LogP contribution in [0.25, 0.3) is 0 Å². The topological polar surface area (TPSA) is 49.8 Å². The summed E-state index contributed by atoms with van der Waals surface area (Å²) in [4.78, 5) is 12.5. The van der Waals surface area contributed by atoms with Gasteiger partial charge in [0.05, 0.1) is 6.54 Å². The molecule has 0 fully saturated rings. The minimum absolute atomic E-state index is 0.0747. The van der Waals surface area contributed by atoms with Crippen LogP contribution in [-0.4, -0.2) is 35.7 Å². The fourth-order valence-corrected chi connectivity index (χ4v) is 1.86. The van der Waals surface area contributed by atoms with Gasteiger partial charge >= 0.3 is 12.6 Å². The van der Waals surface area contributed by atoms with Crippen molar-refractivity contribution in [3.05, 3.63) is 29.8 Å². The smallest absolute Gasteiger partial charge is 0.387 e. The first-order chi connectivity index (χ1) is 8.93. The maximum atomic E-state index is 12.1. The average molecular weight is 273 g/mol. The van der Waals surface area contributed by atoms with Crippen LogP contribution in [0.5, 0.6) is 5.75 Å². The highest BCUT2D eigenvalue weighted by atomic mass is 19.3. The van der Waals surface area contributed by atoms with E-state index in [1.165, 1.54) is 12.1 Å². The molecule has 0 saturated carbocycles. The zero-order valence-corrected chi connectivity index (χ0v) is 10.8. The molecular weight excluding hydrogens is 256 g/mol. The minimum Gasteiger partial charge on any atom is -0.480 e. The summed E-state index contributed by atoms with van der Waals surface area (Å²) in [7, 11) is 0. The number of rotatable bonds is 7. The molecule has 0 aliphatic heterocycles. The number of ether oxygens (including phenoxy) is 1. The van der Waals surface area contributed by atoms with Crippen molar-refractivity contribution >= 4 is 5.97 Å². The Hall–Kier alpha value is -1.69. The number of likely N-dealkylation sites (N-methyl/N-ethyl adjacent to an activating group) is 1. The Morgan fingerprint density at radius 2 is 2.16 bits per heavy atom. The van der Waals surface area contributed by atoms with Crippen LogP contribution < -0.4 is 4.74 Å². The van der Waals surface area contributed by atoms with Gasteiger partial charge in [0.25, 0.3) is 0 Å². The second-order valence-electron chi connectivity index (χ2n) is 4.08. The van der Waals surface area contributed by atoms with E-state index in [4.69, 9.17) is 5.11 Å². The molecule has 1 atom stereocenters. The Morgan fingerprint density at radius 1 is 1.47 bits per heavy atom. The minimum atomic E-state index is -2.87. The van der Waals surface area contributed by atoms with Gasteiger partial charge in [-0.2, -0.15) is 8.78 Å². The van der Waals surface area contributed by atoms with Crippen LogP contribution in [0.1, 0.15) is 25.5 Å². The summed E-state index contributed by atoms with van der Waals surface area (Å²) >= 11 is 0. The van der Waals surface area contributed by atoms with Crippen LogP contribution >= 0.6 is 0 Å². The number of benzene rings is 1. The number of aliphatic carboxylic acids is 1. The molecule has 0 aromatic heterocycles. The summed E-state index contributed by atoms with van der Waals surface area (Å²) in [5, 5.41) is 8.82. The maximum absolute atomic E-state index is 12.1. The average Bonchev–Trinajstić information content (AvgIpc) is 2.34. The second-order valence-corrected chi connectivity index (χ2v) is 4.08. The third-order valence-electron chi connectivity index (χ3n) is 2.86. The van der Waals surface area contributed by atoms with Gasteiger partial charge in [-0.15, -0.1) is 0 Å².